The Balaban J connectivity index is 0.00000220. The summed E-state index contributed by atoms with van der Waals surface area (Å²) < 4.78 is 5.34. The van der Waals surface area contributed by atoms with Gasteiger partial charge in [0.1, 0.15) is 0 Å². The number of morpholine rings is 1. The number of aromatic nitrogens is 2. The third-order valence-electron chi connectivity index (χ3n) is 3.13. The maximum absolute atomic E-state index is 5.34. The molecule has 1 aromatic rings. The Kier molecular flexibility index (Phi) is 9.35. The van der Waals surface area contributed by atoms with Crippen LogP contribution in [0.3, 0.4) is 0 Å². The van der Waals surface area contributed by atoms with Gasteiger partial charge in [0.2, 0.25) is 0 Å². The molecule has 7 nitrogen and oxygen atoms in total. The summed E-state index contributed by atoms with van der Waals surface area (Å²) in [6.45, 7) is 9.14. The number of nitrogens with one attached hydrogen (secondary N) is 3. The number of ether oxygens (including phenoxy) is 1. The first-order valence-corrected chi connectivity index (χ1v) is 7.19. The molecule has 2 heterocycles. The lowest BCUT2D eigenvalue weighted by Crippen LogP contribution is -2.44. The van der Waals surface area contributed by atoms with Crippen LogP contribution in [0.1, 0.15) is 12.6 Å². The van der Waals surface area contributed by atoms with E-state index in [1.807, 2.05) is 6.07 Å². The summed E-state index contributed by atoms with van der Waals surface area (Å²) in [5, 5.41) is 13.4. The zero-order chi connectivity index (χ0) is 14.0. The fraction of sp³-hybridized carbons (Fsp3) is 0.692. The van der Waals surface area contributed by atoms with Crippen LogP contribution in [0.4, 0.5) is 0 Å². The quantitative estimate of drug-likeness (QED) is 0.361. The molecule has 1 aromatic heterocycles. The van der Waals surface area contributed by atoms with Crippen LogP contribution in [0, 0.1) is 0 Å². The Bertz CT molecular complexity index is 391. The molecule has 0 aliphatic carbocycles. The highest BCUT2D eigenvalue weighted by Gasteiger charge is 2.09. The van der Waals surface area contributed by atoms with Crippen LogP contribution in [0.15, 0.2) is 17.3 Å². The zero-order valence-electron chi connectivity index (χ0n) is 12.5. The average molecular weight is 408 g/mol. The van der Waals surface area contributed by atoms with Crippen LogP contribution < -0.4 is 10.6 Å². The van der Waals surface area contributed by atoms with Crippen molar-refractivity contribution in [3.05, 3.63) is 18.0 Å². The lowest BCUT2D eigenvalue weighted by Gasteiger charge is -2.26. The highest BCUT2D eigenvalue weighted by molar-refractivity contribution is 14.0. The Labute approximate surface area is 142 Å². The molecule has 0 spiro atoms. The van der Waals surface area contributed by atoms with Gasteiger partial charge in [-0.15, -0.1) is 24.0 Å². The second-order valence-electron chi connectivity index (χ2n) is 4.66. The van der Waals surface area contributed by atoms with Crippen molar-refractivity contribution in [3.8, 4) is 0 Å². The zero-order valence-corrected chi connectivity index (χ0v) is 14.8. The van der Waals surface area contributed by atoms with Crippen LogP contribution in [-0.4, -0.2) is 67.0 Å². The highest BCUT2D eigenvalue weighted by atomic mass is 127. The number of guanidine groups is 1. The molecule has 0 amide bonds. The number of nitrogens with zero attached hydrogens (tertiary/aromatic N) is 3. The molecule has 1 saturated heterocycles. The van der Waals surface area contributed by atoms with Crippen LogP contribution in [0.25, 0.3) is 0 Å². The summed E-state index contributed by atoms with van der Waals surface area (Å²) in [4.78, 5) is 6.92. The lowest BCUT2D eigenvalue weighted by atomic mass is 10.4. The van der Waals surface area contributed by atoms with Crippen molar-refractivity contribution in [1.29, 1.82) is 0 Å². The number of hydrogen-bond acceptors (Lipinski definition) is 4. The molecule has 8 heteroatoms. The van der Waals surface area contributed by atoms with Gasteiger partial charge in [0, 0.05) is 38.9 Å². The van der Waals surface area contributed by atoms with E-state index >= 15 is 0 Å². The maximum atomic E-state index is 5.34. The topological polar surface area (TPSA) is 77.6 Å². The van der Waals surface area contributed by atoms with Gasteiger partial charge in [0.05, 0.1) is 25.5 Å². The van der Waals surface area contributed by atoms with E-state index in [-0.39, 0.29) is 24.0 Å². The number of H-pyrrole nitrogens is 1. The lowest BCUT2D eigenvalue weighted by molar-refractivity contribution is 0.0389. The minimum atomic E-state index is 0. The highest BCUT2D eigenvalue weighted by Crippen LogP contribution is 1.95. The molecular formula is C13H25IN6O. The van der Waals surface area contributed by atoms with Crippen molar-refractivity contribution in [3.63, 3.8) is 0 Å². The average Bonchev–Trinajstić information content (AvgIpc) is 2.99. The minimum absolute atomic E-state index is 0. The largest absolute Gasteiger partial charge is 0.379 e. The molecule has 0 saturated carbocycles. The fourth-order valence-electron chi connectivity index (χ4n) is 2.04. The molecule has 1 aliphatic heterocycles. The van der Waals surface area contributed by atoms with E-state index in [1.54, 1.807) is 6.20 Å². The van der Waals surface area contributed by atoms with Gasteiger partial charge >= 0.3 is 0 Å². The molecule has 0 unspecified atom stereocenters. The van der Waals surface area contributed by atoms with E-state index < -0.39 is 0 Å². The SMILES string of the molecule is CCNC(=NCc1ccn[nH]1)NCCN1CCOCC1.I. The first-order valence-electron chi connectivity index (χ1n) is 7.19. The van der Waals surface area contributed by atoms with E-state index in [0.717, 1.165) is 57.6 Å². The smallest absolute Gasteiger partial charge is 0.191 e. The third-order valence-corrected chi connectivity index (χ3v) is 3.13. The van der Waals surface area contributed by atoms with Crippen LogP contribution >= 0.6 is 24.0 Å². The van der Waals surface area contributed by atoms with Gasteiger partial charge in [-0.25, -0.2) is 4.99 Å². The summed E-state index contributed by atoms with van der Waals surface area (Å²) in [5.74, 6) is 0.843. The second kappa shape index (κ2) is 10.8. The third kappa shape index (κ3) is 7.09. The summed E-state index contributed by atoms with van der Waals surface area (Å²) >= 11 is 0. The summed E-state index contributed by atoms with van der Waals surface area (Å²) in [6.07, 6.45) is 1.74. The van der Waals surface area contributed by atoms with Gasteiger partial charge in [-0.05, 0) is 13.0 Å². The molecule has 0 atom stereocenters. The van der Waals surface area contributed by atoms with Gasteiger partial charge in [0.15, 0.2) is 5.96 Å². The molecule has 120 valence electrons. The van der Waals surface area contributed by atoms with Crippen LogP contribution in [0.2, 0.25) is 0 Å². The summed E-state index contributed by atoms with van der Waals surface area (Å²) in [5.41, 5.74) is 1.01. The van der Waals surface area contributed by atoms with Crippen molar-refractivity contribution >= 4 is 29.9 Å². The Morgan fingerprint density at radius 2 is 2.24 bits per heavy atom. The maximum Gasteiger partial charge on any atom is 0.191 e. The number of aromatic amines is 1. The number of aliphatic imine (C=N–C) groups is 1. The van der Waals surface area contributed by atoms with Gasteiger partial charge in [-0.3, -0.25) is 10.00 Å². The van der Waals surface area contributed by atoms with Gasteiger partial charge in [-0.1, -0.05) is 0 Å². The normalized spacial score (nSPS) is 16.3. The Morgan fingerprint density at radius 1 is 1.43 bits per heavy atom. The first-order chi connectivity index (χ1) is 9.88. The molecule has 1 aliphatic rings. The molecule has 21 heavy (non-hydrogen) atoms. The molecular weight excluding hydrogens is 383 g/mol. The molecule has 0 radical (unpaired) electrons. The van der Waals surface area contributed by atoms with E-state index in [0.29, 0.717) is 6.54 Å². The van der Waals surface area contributed by atoms with Crippen LogP contribution in [-0.2, 0) is 11.3 Å². The van der Waals surface area contributed by atoms with E-state index in [9.17, 15) is 0 Å². The molecule has 1 fully saturated rings. The number of rotatable bonds is 6. The van der Waals surface area contributed by atoms with Crippen molar-refractivity contribution in [1.82, 2.24) is 25.7 Å². The summed E-state index contributed by atoms with van der Waals surface area (Å²) in [7, 11) is 0. The molecule has 0 aromatic carbocycles. The van der Waals surface area contributed by atoms with Crippen molar-refractivity contribution in [2.24, 2.45) is 4.99 Å². The molecule has 3 N–H and O–H groups in total. The summed E-state index contributed by atoms with van der Waals surface area (Å²) in [6, 6.07) is 1.93. The van der Waals surface area contributed by atoms with Gasteiger partial charge < -0.3 is 15.4 Å². The first kappa shape index (κ1) is 18.2. The Morgan fingerprint density at radius 3 is 2.90 bits per heavy atom. The van der Waals surface area contributed by atoms with Crippen molar-refractivity contribution in [2.45, 2.75) is 13.5 Å². The standard InChI is InChI=1S/C13H24N6O.HI/c1-2-14-13(16-11-12-3-4-17-18-12)15-5-6-19-7-9-20-10-8-19;/h3-4H,2,5-11H2,1H3,(H,17,18)(H2,14,15,16);1H. The second-order valence-corrected chi connectivity index (χ2v) is 4.66. The van der Waals surface area contributed by atoms with Crippen LogP contribution in [0.5, 0.6) is 0 Å². The van der Waals surface area contributed by atoms with Crippen molar-refractivity contribution < 1.29 is 4.74 Å². The van der Waals surface area contributed by atoms with E-state index in [4.69, 9.17) is 4.74 Å². The predicted octanol–water partition coefficient (Wildman–Crippen LogP) is 0.415. The minimum Gasteiger partial charge on any atom is -0.379 e. The monoisotopic (exact) mass is 408 g/mol. The van der Waals surface area contributed by atoms with E-state index in [2.05, 4.69) is 37.6 Å². The number of hydrogen-bond donors (Lipinski definition) is 3. The number of halogens is 1. The van der Waals surface area contributed by atoms with Crippen molar-refractivity contribution in [2.75, 3.05) is 45.9 Å². The molecule has 0 bridgehead atoms. The fourth-order valence-corrected chi connectivity index (χ4v) is 2.04. The van der Waals surface area contributed by atoms with E-state index in [1.165, 1.54) is 0 Å². The Hall–Kier alpha value is -0.870. The predicted molar refractivity (Wildman–Crippen MR) is 94.1 cm³/mol. The molecule has 2 rings (SSSR count). The van der Waals surface area contributed by atoms with Gasteiger partial charge in [0.25, 0.3) is 0 Å². The van der Waals surface area contributed by atoms with Gasteiger partial charge in [-0.2, -0.15) is 5.10 Å².